The minimum Gasteiger partial charge on any atom is -0.286 e. The molecule has 5 nitrogen and oxygen atoms in total. The Hall–Kier alpha value is -2.18. The molecule has 3 aromatic rings. The van der Waals surface area contributed by atoms with E-state index in [0.29, 0.717) is 0 Å². The van der Waals surface area contributed by atoms with E-state index in [4.69, 9.17) is 0 Å². The van der Waals surface area contributed by atoms with Crippen molar-refractivity contribution in [1.29, 1.82) is 0 Å². The van der Waals surface area contributed by atoms with Gasteiger partial charge in [0.15, 0.2) is 5.16 Å². The number of fused-ring (bicyclic) bond motifs is 1. The molecule has 1 unspecified atom stereocenters. The van der Waals surface area contributed by atoms with Gasteiger partial charge in [-0.05, 0) is 24.6 Å². The summed E-state index contributed by atoms with van der Waals surface area (Å²) in [5.41, 5.74) is 2.31. The molecule has 2 atom stereocenters. The van der Waals surface area contributed by atoms with Gasteiger partial charge in [-0.2, -0.15) is 0 Å². The lowest BCUT2D eigenvalue weighted by molar-refractivity contribution is 0.132. The molecule has 0 N–H and O–H groups in total. The van der Waals surface area contributed by atoms with Crippen LogP contribution in [0.5, 0.6) is 0 Å². The third-order valence-electron chi connectivity index (χ3n) is 4.19. The van der Waals surface area contributed by atoms with Gasteiger partial charge >= 0.3 is 0 Å². The first-order valence-corrected chi connectivity index (χ1v) is 8.57. The quantitative estimate of drug-likeness (QED) is 0.740. The Labute approximate surface area is 139 Å². The molecule has 1 aliphatic heterocycles. The Bertz CT molecular complexity index is 774. The zero-order valence-electron chi connectivity index (χ0n) is 12.8. The van der Waals surface area contributed by atoms with E-state index in [9.17, 15) is 0 Å². The van der Waals surface area contributed by atoms with Crippen molar-refractivity contribution in [1.82, 2.24) is 24.6 Å². The standard InChI is InChI=1S/C17H17N5S/c1-13(14-7-3-2-4-8-14)22-12-23-17-20-19-11-21(17)16(22)15-9-5-6-10-18-15/h2-11,13,16H,12H2,1H3/t13-,16?/m0/s1. The normalized spacial score (nSPS) is 19.3. The van der Waals surface area contributed by atoms with E-state index in [1.807, 2.05) is 18.3 Å². The first-order valence-electron chi connectivity index (χ1n) is 7.58. The highest BCUT2D eigenvalue weighted by Crippen LogP contribution is 2.39. The monoisotopic (exact) mass is 323 g/mol. The SMILES string of the molecule is C[C@@H](c1ccccc1)N1CSc2nncn2C1c1ccccn1. The molecule has 0 radical (unpaired) electrons. The van der Waals surface area contributed by atoms with Crippen LogP contribution < -0.4 is 0 Å². The Kier molecular flexibility index (Phi) is 3.85. The van der Waals surface area contributed by atoms with Crippen LogP contribution in [-0.2, 0) is 0 Å². The summed E-state index contributed by atoms with van der Waals surface area (Å²) in [6, 6.07) is 16.9. The molecule has 0 saturated heterocycles. The molecular weight excluding hydrogens is 306 g/mol. The van der Waals surface area contributed by atoms with Crippen LogP contribution in [0, 0.1) is 0 Å². The Morgan fingerprint density at radius 2 is 1.96 bits per heavy atom. The third-order valence-corrected chi connectivity index (χ3v) is 5.17. The van der Waals surface area contributed by atoms with Gasteiger partial charge in [0.25, 0.3) is 0 Å². The molecule has 4 rings (SSSR count). The minimum atomic E-state index is 0.0117. The second-order valence-electron chi connectivity index (χ2n) is 5.52. The van der Waals surface area contributed by atoms with E-state index in [1.165, 1.54) is 5.56 Å². The van der Waals surface area contributed by atoms with Crippen molar-refractivity contribution in [3.8, 4) is 0 Å². The highest BCUT2D eigenvalue weighted by atomic mass is 32.2. The third kappa shape index (κ3) is 2.64. The Morgan fingerprint density at radius 1 is 1.13 bits per heavy atom. The van der Waals surface area contributed by atoms with Gasteiger partial charge in [-0.25, -0.2) is 0 Å². The number of benzene rings is 1. The summed E-state index contributed by atoms with van der Waals surface area (Å²) in [7, 11) is 0. The van der Waals surface area contributed by atoms with Crippen LogP contribution in [0.3, 0.4) is 0 Å². The topological polar surface area (TPSA) is 46.8 Å². The van der Waals surface area contributed by atoms with Gasteiger partial charge in [0.05, 0.1) is 11.6 Å². The molecule has 0 fully saturated rings. The summed E-state index contributed by atoms with van der Waals surface area (Å²) in [6.45, 7) is 2.24. The maximum Gasteiger partial charge on any atom is 0.193 e. The molecular formula is C17H17N5S. The summed E-state index contributed by atoms with van der Waals surface area (Å²) in [4.78, 5) is 7.01. The average molecular weight is 323 g/mol. The van der Waals surface area contributed by atoms with E-state index in [0.717, 1.165) is 16.7 Å². The first kappa shape index (κ1) is 14.4. The van der Waals surface area contributed by atoms with E-state index in [1.54, 1.807) is 18.1 Å². The van der Waals surface area contributed by atoms with Gasteiger partial charge in [-0.1, -0.05) is 48.2 Å². The van der Waals surface area contributed by atoms with E-state index in [2.05, 4.69) is 68.0 Å². The summed E-state index contributed by atoms with van der Waals surface area (Å²) in [6.07, 6.45) is 3.65. The number of aromatic nitrogens is 4. The van der Waals surface area contributed by atoms with Crippen molar-refractivity contribution < 1.29 is 0 Å². The summed E-state index contributed by atoms with van der Waals surface area (Å²) in [5, 5.41) is 9.25. The molecule has 23 heavy (non-hydrogen) atoms. The van der Waals surface area contributed by atoms with Crippen LogP contribution in [0.15, 0.2) is 66.2 Å². The van der Waals surface area contributed by atoms with Crippen molar-refractivity contribution in [2.75, 3.05) is 5.88 Å². The fraction of sp³-hybridized carbons (Fsp3) is 0.235. The Morgan fingerprint density at radius 3 is 2.74 bits per heavy atom. The van der Waals surface area contributed by atoms with Crippen molar-refractivity contribution in [2.45, 2.75) is 24.3 Å². The fourth-order valence-corrected chi connectivity index (χ4v) is 3.98. The van der Waals surface area contributed by atoms with Crippen molar-refractivity contribution >= 4 is 11.8 Å². The van der Waals surface area contributed by atoms with Crippen LogP contribution in [-0.4, -0.2) is 30.5 Å². The predicted octanol–water partition coefficient (Wildman–Crippen LogP) is 3.35. The lowest BCUT2D eigenvalue weighted by Gasteiger charge is -2.39. The predicted molar refractivity (Wildman–Crippen MR) is 89.8 cm³/mol. The molecule has 1 aromatic carbocycles. The van der Waals surface area contributed by atoms with E-state index >= 15 is 0 Å². The molecule has 116 valence electrons. The van der Waals surface area contributed by atoms with Gasteiger partial charge < -0.3 is 0 Å². The lowest BCUT2D eigenvalue weighted by Crippen LogP contribution is -2.38. The van der Waals surface area contributed by atoms with Gasteiger partial charge in [0, 0.05) is 12.2 Å². The van der Waals surface area contributed by atoms with Gasteiger partial charge in [-0.3, -0.25) is 14.5 Å². The molecule has 0 aliphatic carbocycles. The number of hydrogen-bond acceptors (Lipinski definition) is 5. The number of nitrogens with zero attached hydrogens (tertiary/aromatic N) is 5. The highest BCUT2D eigenvalue weighted by molar-refractivity contribution is 7.99. The first-order chi connectivity index (χ1) is 11.3. The maximum atomic E-state index is 4.58. The summed E-state index contributed by atoms with van der Waals surface area (Å²) >= 11 is 1.71. The lowest BCUT2D eigenvalue weighted by atomic mass is 10.1. The summed E-state index contributed by atoms with van der Waals surface area (Å²) in [5.74, 6) is 0.857. The zero-order chi connectivity index (χ0) is 15.6. The van der Waals surface area contributed by atoms with Crippen molar-refractivity contribution in [2.24, 2.45) is 0 Å². The number of thioether (sulfide) groups is 1. The molecule has 0 spiro atoms. The molecule has 0 saturated carbocycles. The maximum absolute atomic E-state index is 4.58. The smallest absolute Gasteiger partial charge is 0.193 e. The summed E-state index contributed by atoms with van der Waals surface area (Å²) < 4.78 is 2.11. The molecule has 2 aromatic heterocycles. The fourth-order valence-electron chi connectivity index (χ4n) is 2.95. The second-order valence-corrected chi connectivity index (χ2v) is 6.44. The Balaban J connectivity index is 1.77. The molecule has 0 amide bonds. The molecule has 3 heterocycles. The average Bonchev–Trinajstić information content (AvgIpc) is 3.10. The highest BCUT2D eigenvalue weighted by Gasteiger charge is 2.34. The van der Waals surface area contributed by atoms with Crippen LogP contribution in [0.1, 0.15) is 30.4 Å². The molecule has 1 aliphatic rings. The van der Waals surface area contributed by atoms with Gasteiger partial charge in [0.2, 0.25) is 0 Å². The van der Waals surface area contributed by atoms with E-state index < -0.39 is 0 Å². The largest absolute Gasteiger partial charge is 0.286 e. The van der Waals surface area contributed by atoms with Gasteiger partial charge in [0.1, 0.15) is 12.5 Å². The van der Waals surface area contributed by atoms with Crippen molar-refractivity contribution in [3.05, 3.63) is 72.3 Å². The second kappa shape index (κ2) is 6.14. The van der Waals surface area contributed by atoms with E-state index in [-0.39, 0.29) is 12.2 Å². The minimum absolute atomic E-state index is 0.0117. The van der Waals surface area contributed by atoms with Crippen LogP contribution in [0.4, 0.5) is 0 Å². The number of pyridine rings is 1. The van der Waals surface area contributed by atoms with Gasteiger partial charge in [-0.15, -0.1) is 10.2 Å². The van der Waals surface area contributed by atoms with Crippen LogP contribution in [0.2, 0.25) is 0 Å². The van der Waals surface area contributed by atoms with Crippen molar-refractivity contribution in [3.63, 3.8) is 0 Å². The number of rotatable bonds is 3. The molecule has 0 bridgehead atoms. The molecule has 6 heteroatoms. The van der Waals surface area contributed by atoms with Crippen LogP contribution in [0.25, 0.3) is 0 Å². The van der Waals surface area contributed by atoms with Crippen LogP contribution >= 0.6 is 11.8 Å². The number of hydrogen-bond donors (Lipinski definition) is 0. The zero-order valence-corrected chi connectivity index (χ0v) is 13.6.